The van der Waals surface area contributed by atoms with Gasteiger partial charge in [-0.05, 0) is 61.1 Å². The maximum Gasteiger partial charge on any atom is 0.434 e. The van der Waals surface area contributed by atoms with Crippen molar-refractivity contribution in [1.29, 1.82) is 0 Å². The van der Waals surface area contributed by atoms with Gasteiger partial charge in [0.25, 0.3) is 12.2 Å². The van der Waals surface area contributed by atoms with E-state index >= 15 is 0 Å². The van der Waals surface area contributed by atoms with Gasteiger partial charge in [0.2, 0.25) is 0 Å². The van der Waals surface area contributed by atoms with Gasteiger partial charge in [-0.25, -0.2) is 14.0 Å². The molecule has 0 spiro atoms. The number of hydrogen-bond acceptors (Lipinski definition) is 8. The second-order valence-electron chi connectivity index (χ2n) is 15.2. The van der Waals surface area contributed by atoms with Gasteiger partial charge in [-0.1, -0.05) is 23.7 Å². The molecule has 4 aliphatic heterocycles. The number of piperazine rings is 2. The summed E-state index contributed by atoms with van der Waals surface area (Å²) >= 11 is 6.14. The molecule has 62 heavy (non-hydrogen) atoms. The molecule has 6 rings (SSSR count). The van der Waals surface area contributed by atoms with Crippen LogP contribution in [0.3, 0.4) is 0 Å². The fraction of sp³-hybridized carbons (Fsp3) is 0.632. The van der Waals surface area contributed by atoms with Gasteiger partial charge in [0.15, 0.2) is 0 Å². The number of amides is 2. The van der Waals surface area contributed by atoms with Crippen molar-refractivity contribution in [2.45, 2.75) is 75.7 Å². The van der Waals surface area contributed by atoms with Gasteiger partial charge in [-0.2, -0.15) is 52.7 Å². The second-order valence-corrected chi connectivity index (χ2v) is 15.6. The van der Waals surface area contributed by atoms with Crippen LogP contribution in [0, 0.1) is 5.82 Å². The molecule has 0 unspecified atom stereocenters. The molecule has 0 aromatic heterocycles. The van der Waals surface area contributed by atoms with Crippen LogP contribution >= 0.6 is 11.6 Å². The molecule has 0 N–H and O–H groups in total. The first-order chi connectivity index (χ1) is 28.9. The van der Waals surface area contributed by atoms with E-state index in [9.17, 15) is 66.7 Å². The average molecular weight is 931 g/mol. The summed E-state index contributed by atoms with van der Waals surface area (Å²) in [5.41, 5.74) is 3.27. The van der Waals surface area contributed by atoms with Gasteiger partial charge in [0.05, 0.1) is 5.69 Å². The minimum atomic E-state index is -5.75. The Bertz CT molecular complexity index is 1780. The first kappa shape index (κ1) is 48.9. The van der Waals surface area contributed by atoms with Gasteiger partial charge in [-0.3, -0.25) is 9.80 Å². The number of halogens is 14. The van der Waals surface area contributed by atoms with E-state index in [-0.39, 0.29) is 45.1 Å². The molecule has 0 saturated carbocycles. The van der Waals surface area contributed by atoms with E-state index in [1.165, 1.54) is 6.07 Å². The molecule has 0 atom stereocenters. The summed E-state index contributed by atoms with van der Waals surface area (Å²) in [5.74, 6) is -0.341. The van der Waals surface area contributed by atoms with Crippen molar-refractivity contribution in [3.05, 3.63) is 58.4 Å². The summed E-state index contributed by atoms with van der Waals surface area (Å²) < 4.78 is 173. The van der Waals surface area contributed by atoms with Gasteiger partial charge in [0.1, 0.15) is 5.82 Å². The number of rotatable bonds is 8. The summed E-state index contributed by atoms with van der Waals surface area (Å²) in [5, 5.41) is 0.613. The average Bonchev–Trinajstić information content (AvgIpc) is 3.92. The largest absolute Gasteiger partial charge is 0.434 e. The van der Waals surface area contributed by atoms with Gasteiger partial charge in [0, 0.05) is 102 Å². The van der Waals surface area contributed by atoms with Crippen LogP contribution in [0.2, 0.25) is 5.02 Å². The van der Waals surface area contributed by atoms with Crippen molar-refractivity contribution in [3.63, 3.8) is 0 Å². The topological polar surface area (TPSA) is 72.0 Å². The highest BCUT2D eigenvalue weighted by atomic mass is 35.5. The molecule has 0 bridgehead atoms. The lowest BCUT2D eigenvalue weighted by Gasteiger charge is -2.36. The minimum absolute atomic E-state index is 0.0338. The number of benzene rings is 2. The third-order valence-electron chi connectivity index (χ3n) is 10.6. The number of hydrogen-bond donors (Lipinski definition) is 0. The van der Waals surface area contributed by atoms with Crippen LogP contribution in [-0.4, -0.2) is 147 Å². The van der Waals surface area contributed by atoms with Crippen molar-refractivity contribution in [3.8, 4) is 0 Å². The molecule has 0 aliphatic carbocycles. The molecular formula is C38H44ClF13N6O4. The fourth-order valence-electron chi connectivity index (χ4n) is 7.45. The van der Waals surface area contributed by atoms with Crippen LogP contribution in [0.15, 0.2) is 36.4 Å². The number of carbonyl (C=O) groups excluding carboxylic acids is 2. The van der Waals surface area contributed by atoms with Crippen LogP contribution in [-0.2, 0) is 22.6 Å². The molecule has 24 heteroatoms. The molecule has 4 fully saturated rings. The van der Waals surface area contributed by atoms with E-state index in [0.29, 0.717) is 42.5 Å². The summed E-state index contributed by atoms with van der Waals surface area (Å²) in [4.78, 5) is 33.4. The van der Waals surface area contributed by atoms with Crippen molar-refractivity contribution in [1.82, 2.24) is 19.6 Å². The standard InChI is InChI=1S/C19H22ClF6N3O2.C19H22F7N3O2/c20-14-4-3-13(15(11-14)28-5-1-2-6-28)12-27-7-9-29(10-8-27)17(30)31-16(18(21,22)23)19(24,25)26;20-14-11-13(3-4-15(14)28-5-1-2-6-28)12-27-7-9-29(10-8-27)17(30)31-16(18(21,22)23)19(24,25)26/h2*3-4,11,16H,1-2,5-10,12H2. The lowest BCUT2D eigenvalue weighted by molar-refractivity contribution is -0.309. The van der Waals surface area contributed by atoms with Gasteiger partial charge >= 0.3 is 36.9 Å². The fourth-order valence-corrected chi connectivity index (χ4v) is 7.62. The first-order valence-corrected chi connectivity index (χ1v) is 20.0. The highest BCUT2D eigenvalue weighted by Crippen LogP contribution is 2.38. The Morgan fingerprint density at radius 2 is 0.935 bits per heavy atom. The molecular weight excluding hydrogens is 887 g/mol. The van der Waals surface area contributed by atoms with Crippen molar-refractivity contribution < 1.29 is 76.1 Å². The zero-order valence-corrected chi connectivity index (χ0v) is 33.7. The van der Waals surface area contributed by atoms with Crippen LogP contribution in [0.1, 0.15) is 36.8 Å². The Morgan fingerprint density at radius 1 is 0.532 bits per heavy atom. The lowest BCUT2D eigenvalue weighted by atomic mass is 10.1. The predicted octanol–water partition coefficient (Wildman–Crippen LogP) is 8.86. The number of anilines is 2. The number of ether oxygens (including phenoxy) is 2. The molecule has 10 nitrogen and oxygen atoms in total. The minimum Gasteiger partial charge on any atom is -0.426 e. The maximum absolute atomic E-state index is 14.4. The van der Waals surface area contributed by atoms with E-state index in [4.69, 9.17) is 11.6 Å². The van der Waals surface area contributed by atoms with Crippen LogP contribution in [0.4, 0.5) is 78.0 Å². The summed E-state index contributed by atoms with van der Waals surface area (Å²) in [6.07, 6.45) is -30.3. The molecule has 2 aromatic rings. The van der Waals surface area contributed by atoms with Crippen molar-refractivity contribution >= 4 is 35.2 Å². The van der Waals surface area contributed by atoms with E-state index in [2.05, 4.69) is 14.4 Å². The third-order valence-corrected chi connectivity index (χ3v) is 10.9. The second kappa shape index (κ2) is 20.2. The van der Waals surface area contributed by atoms with E-state index in [1.54, 1.807) is 18.2 Å². The van der Waals surface area contributed by atoms with E-state index < -0.39 is 49.1 Å². The molecule has 2 amide bonds. The molecule has 4 heterocycles. The molecule has 4 saturated heterocycles. The monoisotopic (exact) mass is 930 g/mol. The Balaban J connectivity index is 0.000000234. The number of carbonyl (C=O) groups is 2. The zero-order valence-electron chi connectivity index (χ0n) is 33.0. The van der Waals surface area contributed by atoms with Crippen LogP contribution in [0.25, 0.3) is 0 Å². The Kier molecular flexibility index (Phi) is 15.9. The summed E-state index contributed by atoms with van der Waals surface area (Å²) in [7, 11) is 0. The quantitative estimate of drug-likeness (QED) is 0.244. The molecule has 2 aromatic carbocycles. The molecule has 4 aliphatic rings. The van der Waals surface area contributed by atoms with Crippen molar-refractivity contribution in [2.24, 2.45) is 0 Å². The normalized spacial score (nSPS) is 18.7. The third kappa shape index (κ3) is 13.4. The van der Waals surface area contributed by atoms with Crippen LogP contribution in [0.5, 0.6) is 0 Å². The number of alkyl halides is 12. The van der Waals surface area contributed by atoms with E-state index in [1.807, 2.05) is 26.8 Å². The smallest absolute Gasteiger partial charge is 0.426 e. The Labute approximate surface area is 353 Å². The first-order valence-electron chi connectivity index (χ1n) is 19.6. The van der Waals surface area contributed by atoms with Gasteiger partial charge in [-0.15, -0.1) is 0 Å². The SMILES string of the molecule is O=C(OC(C(F)(F)F)C(F)(F)F)N1CCN(Cc2ccc(Cl)cc2N2CCCC2)CC1.O=C(OC(C(F)(F)F)C(F)(F)F)N1CCN(Cc2ccc(N3CCCC3)c(F)c2)CC1. The summed E-state index contributed by atoms with van der Waals surface area (Å²) in [6, 6.07) is 10.5. The highest BCUT2D eigenvalue weighted by Gasteiger charge is 2.61. The Morgan fingerprint density at radius 3 is 1.34 bits per heavy atom. The van der Waals surface area contributed by atoms with Crippen LogP contribution < -0.4 is 9.80 Å². The van der Waals surface area contributed by atoms with E-state index in [0.717, 1.165) is 72.9 Å². The maximum atomic E-state index is 14.4. The molecule has 0 radical (unpaired) electrons. The molecule has 348 valence electrons. The van der Waals surface area contributed by atoms with Crippen molar-refractivity contribution in [2.75, 3.05) is 88.3 Å². The highest BCUT2D eigenvalue weighted by molar-refractivity contribution is 6.30. The van der Waals surface area contributed by atoms with Gasteiger partial charge < -0.3 is 29.1 Å². The summed E-state index contributed by atoms with van der Waals surface area (Å²) in [6.45, 7) is 5.04. The number of nitrogens with zero attached hydrogens (tertiary/aromatic N) is 6. The Hall–Kier alpha value is -4.12. The lowest BCUT2D eigenvalue weighted by Crippen LogP contribution is -2.52. The zero-order chi connectivity index (χ0) is 45.6. The predicted molar refractivity (Wildman–Crippen MR) is 199 cm³/mol.